The Kier molecular flexibility index (Phi) is 5.35. The van der Waals surface area contributed by atoms with Gasteiger partial charge in [0.1, 0.15) is 11.5 Å². The Bertz CT molecular complexity index is 760. The van der Waals surface area contributed by atoms with E-state index >= 15 is 0 Å². The second-order valence-electron chi connectivity index (χ2n) is 4.97. The Balaban J connectivity index is 2.66. The van der Waals surface area contributed by atoms with Gasteiger partial charge in [0.15, 0.2) is 0 Å². The van der Waals surface area contributed by atoms with Gasteiger partial charge in [-0.2, -0.15) is 5.26 Å². The lowest BCUT2D eigenvalue weighted by atomic mass is 9.82. The molecule has 23 heavy (non-hydrogen) atoms. The van der Waals surface area contributed by atoms with Crippen molar-refractivity contribution in [2.45, 2.75) is 26.7 Å². The molecule has 4 nitrogen and oxygen atoms in total. The summed E-state index contributed by atoms with van der Waals surface area (Å²) in [5, 5.41) is 10.4. The monoisotopic (exact) mass is 351 g/mol. The zero-order valence-electron chi connectivity index (χ0n) is 12.9. The fraction of sp³-hybridized carbons (Fsp3) is 0.294. The molecule has 1 unspecified atom stereocenters. The first kappa shape index (κ1) is 17.4. The topological polar surface area (TPSA) is 59.3 Å². The number of carbonyl (C=O) groups is 1. The van der Waals surface area contributed by atoms with Crippen LogP contribution in [0.1, 0.15) is 32.3 Å². The van der Waals surface area contributed by atoms with Gasteiger partial charge in [-0.05, 0) is 38.5 Å². The fourth-order valence-electron chi connectivity index (χ4n) is 2.55. The molecule has 2 rings (SSSR count). The Morgan fingerprint density at radius 2 is 2.04 bits per heavy atom. The number of esters is 1. The average Bonchev–Trinajstić information content (AvgIpc) is 2.46. The molecule has 0 bridgehead atoms. The molecule has 0 amide bonds. The van der Waals surface area contributed by atoms with E-state index in [1.807, 2.05) is 0 Å². The minimum absolute atomic E-state index is 0.223. The summed E-state index contributed by atoms with van der Waals surface area (Å²) < 4.78 is 10.7. The third-order valence-corrected chi connectivity index (χ3v) is 4.09. The van der Waals surface area contributed by atoms with Crippen molar-refractivity contribution in [1.29, 1.82) is 5.26 Å². The lowest BCUT2D eigenvalue weighted by Crippen LogP contribution is -2.23. The highest BCUT2D eigenvalue weighted by atomic mass is 35.5. The minimum Gasteiger partial charge on any atom is -0.465 e. The maximum Gasteiger partial charge on any atom is 0.338 e. The Labute approximate surface area is 144 Å². The van der Waals surface area contributed by atoms with Crippen LogP contribution >= 0.6 is 23.2 Å². The predicted octanol–water partition coefficient (Wildman–Crippen LogP) is 4.74. The van der Waals surface area contributed by atoms with Crippen LogP contribution in [0.25, 0.3) is 0 Å². The number of allylic oxidation sites excluding steroid dienone is 3. The van der Waals surface area contributed by atoms with Crippen LogP contribution < -0.4 is 0 Å². The van der Waals surface area contributed by atoms with E-state index in [0.717, 1.165) is 0 Å². The SMILES string of the molecule is CCOC(=O)C1=C(C)OC(C)=C(C#N)C1c1ccc(Cl)cc1Cl. The second-order valence-corrected chi connectivity index (χ2v) is 5.82. The third-order valence-electron chi connectivity index (χ3n) is 3.53. The van der Waals surface area contributed by atoms with E-state index in [9.17, 15) is 10.1 Å². The first-order chi connectivity index (χ1) is 10.9. The minimum atomic E-state index is -0.641. The van der Waals surface area contributed by atoms with Crippen molar-refractivity contribution in [1.82, 2.24) is 0 Å². The summed E-state index contributed by atoms with van der Waals surface area (Å²) in [6.45, 7) is 5.29. The van der Waals surface area contributed by atoms with Gasteiger partial charge >= 0.3 is 5.97 Å². The molecular weight excluding hydrogens is 337 g/mol. The van der Waals surface area contributed by atoms with Crippen molar-refractivity contribution < 1.29 is 14.3 Å². The first-order valence-corrected chi connectivity index (χ1v) is 7.77. The molecule has 0 saturated carbocycles. The van der Waals surface area contributed by atoms with E-state index in [4.69, 9.17) is 32.7 Å². The van der Waals surface area contributed by atoms with Gasteiger partial charge in [-0.15, -0.1) is 0 Å². The van der Waals surface area contributed by atoms with E-state index < -0.39 is 11.9 Å². The number of hydrogen-bond donors (Lipinski definition) is 0. The molecular formula is C17H15Cl2NO3. The molecule has 0 saturated heterocycles. The summed E-state index contributed by atoms with van der Waals surface area (Å²) in [6, 6.07) is 7.07. The van der Waals surface area contributed by atoms with Gasteiger partial charge < -0.3 is 9.47 Å². The van der Waals surface area contributed by atoms with E-state index in [1.165, 1.54) is 0 Å². The molecule has 6 heteroatoms. The van der Waals surface area contributed by atoms with Crippen LogP contribution in [0.15, 0.2) is 40.9 Å². The highest BCUT2D eigenvalue weighted by Crippen LogP contribution is 2.43. The van der Waals surface area contributed by atoms with Crippen molar-refractivity contribution in [3.63, 3.8) is 0 Å². The molecule has 0 fully saturated rings. The second kappa shape index (κ2) is 7.08. The molecule has 1 aromatic carbocycles. The van der Waals surface area contributed by atoms with Crippen LogP contribution in [0.2, 0.25) is 10.0 Å². The largest absolute Gasteiger partial charge is 0.465 e. The highest BCUT2D eigenvalue weighted by Gasteiger charge is 2.36. The zero-order valence-corrected chi connectivity index (χ0v) is 14.5. The van der Waals surface area contributed by atoms with E-state index in [0.29, 0.717) is 32.7 Å². The van der Waals surface area contributed by atoms with Crippen molar-refractivity contribution in [2.24, 2.45) is 0 Å². The third kappa shape index (κ3) is 3.36. The van der Waals surface area contributed by atoms with Gasteiger partial charge in [-0.1, -0.05) is 29.3 Å². The standard InChI is InChI=1S/C17H15Cl2NO3/c1-4-22-17(21)15-10(3)23-9(2)13(8-20)16(15)12-6-5-11(18)7-14(12)19/h5-7,16H,4H2,1-3H3. The summed E-state index contributed by atoms with van der Waals surface area (Å²) in [5.41, 5.74) is 1.21. The van der Waals surface area contributed by atoms with Crippen LogP contribution in [-0.2, 0) is 14.3 Å². The molecule has 0 aliphatic carbocycles. The molecule has 0 N–H and O–H groups in total. The molecule has 1 heterocycles. The van der Waals surface area contributed by atoms with Crippen molar-refractivity contribution in [3.05, 3.63) is 56.5 Å². The summed E-state index contributed by atoms with van der Waals surface area (Å²) in [5.74, 6) is -0.330. The number of nitriles is 1. The van der Waals surface area contributed by atoms with Gasteiger partial charge in [-0.3, -0.25) is 0 Å². The number of hydrogen-bond acceptors (Lipinski definition) is 4. The maximum absolute atomic E-state index is 12.4. The Morgan fingerprint density at radius 1 is 1.35 bits per heavy atom. The van der Waals surface area contributed by atoms with Crippen LogP contribution in [0.5, 0.6) is 0 Å². The van der Waals surface area contributed by atoms with Gasteiger partial charge in [-0.25, -0.2) is 4.79 Å². The van der Waals surface area contributed by atoms with Crippen LogP contribution in [0.4, 0.5) is 0 Å². The summed E-state index contributed by atoms with van der Waals surface area (Å²) >= 11 is 12.2. The zero-order chi connectivity index (χ0) is 17.1. The van der Waals surface area contributed by atoms with Crippen molar-refractivity contribution in [3.8, 4) is 6.07 Å². The quantitative estimate of drug-likeness (QED) is 0.737. The number of halogens is 2. The molecule has 0 spiro atoms. The van der Waals surface area contributed by atoms with E-state index in [2.05, 4.69) is 6.07 Å². The first-order valence-electron chi connectivity index (χ1n) is 7.02. The Morgan fingerprint density at radius 3 is 2.61 bits per heavy atom. The van der Waals surface area contributed by atoms with Gasteiger partial charge in [0.05, 0.1) is 29.7 Å². The average molecular weight is 352 g/mol. The van der Waals surface area contributed by atoms with Gasteiger partial charge in [0.2, 0.25) is 0 Å². The number of ether oxygens (including phenoxy) is 2. The molecule has 1 aromatic rings. The summed E-state index contributed by atoms with van der Waals surface area (Å²) in [4.78, 5) is 12.4. The molecule has 1 atom stereocenters. The van der Waals surface area contributed by atoms with E-state index in [1.54, 1.807) is 39.0 Å². The lowest BCUT2D eigenvalue weighted by molar-refractivity contribution is -0.139. The van der Waals surface area contributed by atoms with Gasteiger partial charge in [0, 0.05) is 10.0 Å². The van der Waals surface area contributed by atoms with E-state index in [-0.39, 0.29) is 12.2 Å². The molecule has 1 aliphatic rings. The van der Waals surface area contributed by atoms with Gasteiger partial charge in [0.25, 0.3) is 0 Å². The smallest absolute Gasteiger partial charge is 0.338 e. The summed E-state index contributed by atoms with van der Waals surface area (Å²) in [6.07, 6.45) is 0. The van der Waals surface area contributed by atoms with Crippen molar-refractivity contribution in [2.75, 3.05) is 6.61 Å². The predicted molar refractivity (Wildman–Crippen MR) is 87.9 cm³/mol. The molecule has 1 aliphatic heterocycles. The highest BCUT2D eigenvalue weighted by molar-refractivity contribution is 6.35. The number of rotatable bonds is 3. The number of carbonyl (C=O) groups excluding carboxylic acids is 1. The Hall–Kier alpha value is -1.96. The molecule has 0 aromatic heterocycles. The molecule has 0 radical (unpaired) electrons. The normalized spacial score (nSPS) is 17.7. The fourth-order valence-corrected chi connectivity index (χ4v) is 3.07. The maximum atomic E-state index is 12.4. The van der Waals surface area contributed by atoms with Crippen LogP contribution in [0.3, 0.4) is 0 Å². The summed E-state index contributed by atoms with van der Waals surface area (Å²) in [7, 11) is 0. The lowest BCUT2D eigenvalue weighted by Gasteiger charge is -2.27. The number of benzene rings is 1. The number of nitrogens with zero attached hydrogens (tertiary/aromatic N) is 1. The van der Waals surface area contributed by atoms with Crippen LogP contribution in [0, 0.1) is 11.3 Å². The molecule has 120 valence electrons. The van der Waals surface area contributed by atoms with Crippen LogP contribution in [-0.4, -0.2) is 12.6 Å². The van der Waals surface area contributed by atoms with Crippen molar-refractivity contribution >= 4 is 29.2 Å².